The summed E-state index contributed by atoms with van der Waals surface area (Å²) in [5.74, 6) is 0.000106. The van der Waals surface area contributed by atoms with Gasteiger partial charge in [-0.1, -0.05) is 51.1 Å². The van der Waals surface area contributed by atoms with Crippen LogP contribution in [0, 0.1) is 5.82 Å². The first-order chi connectivity index (χ1) is 18.1. The third kappa shape index (κ3) is 7.42. The zero-order valence-electron chi connectivity index (χ0n) is 24.3. The molecule has 1 saturated carbocycles. The first-order valence-electron chi connectivity index (χ1n) is 13.8. The number of aromatic nitrogens is 1. The molecule has 7 heteroatoms. The van der Waals surface area contributed by atoms with Crippen molar-refractivity contribution in [1.82, 2.24) is 4.98 Å². The molecule has 39 heavy (non-hydrogen) atoms. The summed E-state index contributed by atoms with van der Waals surface area (Å²) in [7, 11) is -4.57. The van der Waals surface area contributed by atoms with Gasteiger partial charge in [0.25, 0.3) is 0 Å². The Labute approximate surface area is 233 Å². The number of carbonyl (C=O) groups is 1. The average Bonchev–Trinajstić information content (AvgIpc) is 3.66. The molecule has 0 saturated heterocycles. The van der Waals surface area contributed by atoms with Crippen LogP contribution in [-0.4, -0.2) is 44.7 Å². The van der Waals surface area contributed by atoms with Crippen LogP contribution in [0.4, 0.5) is 4.39 Å². The van der Waals surface area contributed by atoms with Crippen LogP contribution >= 0.6 is 7.14 Å². The number of fused-ring (bicyclic) bond motifs is 1. The Bertz CT molecular complexity index is 1430. The predicted octanol–water partition coefficient (Wildman–Crippen LogP) is 8.90. The Morgan fingerprint density at radius 1 is 1.13 bits per heavy atom. The number of nitrogens with zero attached hydrogens (tertiary/aromatic N) is 1. The smallest absolute Gasteiger partial charge is 0.192 e. The van der Waals surface area contributed by atoms with E-state index in [1.165, 1.54) is 12.1 Å². The number of pyridine rings is 1. The van der Waals surface area contributed by atoms with Crippen molar-refractivity contribution in [1.29, 1.82) is 0 Å². The standard InChI is InChI=1S/C32H41FNO3PSi/c1-32(2,3)39(6,7)37-26(21-38(4,5)36)20-25(35)18-19-28-30(22-14-16-24(33)17-15-22)27-10-8-9-11-29(27)34-31(28)23-12-13-23/h8-11,14-19,23,26H,12-13,20-21H2,1-7H3/b19-18+/t26-/m0/s1. The van der Waals surface area contributed by atoms with Crippen molar-refractivity contribution in [2.45, 2.75) is 70.2 Å². The number of rotatable bonds is 10. The number of hydrogen-bond acceptors (Lipinski definition) is 4. The maximum atomic E-state index is 13.8. The second-order valence-electron chi connectivity index (χ2n) is 12.8. The molecule has 1 fully saturated rings. The van der Waals surface area contributed by atoms with Crippen LogP contribution in [0.2, 0.25) is 18.1 Å². The first kappa shape index (κ1) is 29.6. The Morgan fingerprint density at radius 3 is 2.36 bits per heavy atom. The molecule has 4 rings (SSSR count). The molecule has 1 aliphatic rings. The van der Waals surface area contributed by atoms with Gasteiger partial charge in [-0.15, -0.1) is 0 Å². The van der Waals surface area contributed by atoms with E-state index in [4.69, 9.17) is 9.41 Å². The van der Waals surface area contributed by atoms with Gasteiger partial charge in [-0.25, -0.2) is 4.39 Å². The van der Waals surface area contributed by atoms with E-state index < -0.39 is 21.6 Å². The summed E-state index contributed by atoms with van der Waals surface area (Å²) in [6.07, 6.45) is 5.81. The Balaban J connectivity index is 1.72. The molecule has 1 aliphatic carbocycles. The number of allylic oxidation sites excluding steroid dienone is 1. The molecule has 0 unspecified atom stereocenters. The largest absolute Gasteiger partial charge is 0.413 e. The summed E-state index contributed by atoms with van der Waals surface area (Å²) in [6, 6.07) is 14.5. The maximum Gasteiger partial charge on any atom is 0.192 e. The molecule has 0 N–H and O–H groups in total. The monoisotopic (exact) mass is 565 g/mol. The minimum Gasteiger partial charge on any atom is -0.413 e. The molecule has 1 heterocycles. The van der Waals surface area contributed by atoms with E-state index >= 15 is 0 Å². The van der Waals surface area contributed by atoms with Crippen LogP contribution in [-0.2, 0) is 13.8 Å². The molecule has 0 amide bonds. The van der Waals surface area contributed by atoms with Gasteiger partial charge < -0.3 is 8.99 Å². The fourth-order valence-corrected chi connectivity index (χ4v) is 7.38. The topological polar surface area (TPSA) is 56.3 Å². The highest BCUT2D eigenvalue weighted by Crippen LogP contribution is 2.46. The lowest BCUT2D eigenvalue weighted by Crippen LogP contribution is -2.45. The third-order valence-electron chi connectivity index (χ3n) is 7.83. The molecule has 4 nitrogen and oxygen atoms in total. The predicted molar refractivity (Wildman–Crippen MR) is 164 cm³/mol. The summed E-state index contributed by atoms with van der Waals surface area (Å²) in [6.45, 7) is 14.3. The molecule has 0 aliphatic heterocycles. The van der Waals surface area contributed by atoms with Crippen LogP contribution in [0.25, 0.3) is 28.1 Å². The zero-order chi connectivity index (χ0) is 28.6. The lowest BCUT2D eigenvalue weighted by Gasteiger charge is -2.39. The first-order valence-corrected chi connectivity index (χ1v) is 19.5. The van der Waals surface area contributed by atoms with E-state index in [1.807, 2.05) is 30.3 Å². The summed E-state index contributed by atoms with van der Waals surface area (Å²) in [5, 5.41) is 0.952. The lowest BCUT2D eigenvalue weighted by atomic mass is 9.92. The average molecular weight is 566 g/mol. The molecular formula is C32H41FNO3PSi. The zero-order valence-corrected chi connectivity index (χ0v) is 26.1. The number of halogens is 1. The van der Waals surface area contributed by atoms with E-state index in [0.29, 0.717) is 12.1 Å². The number of ketones is 1. The van der Waals surface area contributed by atoms with Gasteiger partial charge in [-0.3, -0.25) is 9.78 Å². The quantitative estimate of drug-likeness (QED) is 0.140. The molecule has 2 aromatic carbocycles. The lowest BCUT2D eigenvalue weighted by molar-refractivity contribution is -0.115. The van der Waals surface area contributed by atoms with E-state index in [0.717, 1.165) is 46.1 Å². The molecule has 1 aromatic heterocycles. The van der Waals surface area contributed by atoms with Gasteiger partial charge in [0.05, 0.1) is 24.5 Å². The van der Waals surface area contributed by atoms with Crippen LogP contribution in [0.5, 0.6) is 0 Å². The van der Waals surface area contributed by atoms with Crippen molar-refractivity contribution >= 4 is 38.2 Å². The van der Waals surface area contributed by atoms with Gasteiger partial charge in [-0.2, -0.15) is 0 Å². The van der Waals surface area contributed by atoms with Crippen LogP contribution in [0.3, 0.4) is 0 Å². The van der Waals surface area contributed by atoms with Gasteiger partial charge in [0.1, 0.15) is 5.82 Å². The second kappa shape index (κ2) is 11.2. The highest BCUT2D eigenvalue weighted by Gasteiger charge is 2.40. The van der Waals surface area contributed by atoms with Crippen LogP contribution in [0.1, 0.15) is 57.2 Å². The molecule has 0 spiro atoms. The van der Waals surface area contributed by atoms with Crippen molar-refractivity contribution in [3.8, 4) is 11.1 Å². The van der Waals surface area contributed by atoms with Crippen molar-refractivity contribution in [2.75, 3.05) is 19.5 Å². The number of hydrogen-bond donors (Lipinski definition) is 0. The maximum absolute atomic E-state index is 13.8. The number of carbonyl (C=O) groups excluding carboxylic acids is 1. The molecule has 208 valence electrons. The number of benzene rings is 2. The summed E-state index contributed by atoms with van der Waals surface area (Å²) >= 11 is 0. The van der Waals surface area contributed by atoms with Crippen molar-refractivity contribution < 1.29 is 18.2 Å². The third-order valence-corrected chi connectivity index (χ3v) is 13.7. The minimum atomic E-state index is -2.41. The van der Waals surface area contributed by atoms with Crippen LogP contribution < -0.4 is 0 Å². The molecule has 0 bridgehead atoms. The van der Waals surface area contributed by atoms with Crippen LogP contribution in [0.15, 0.2) is 54.6 Å². The second-order valence-corrected chi connectivity index (χ2v) is 21.1. The van der Waals surface area contributed by atoms with Gasteiger partial charge in [0.2, 0.25) is 0 Å². The Kier molecular flexibility index (Phi) is 8.52. The Morgan fingerprint density at radius 2 is 1.77 bits per heavy atom. The highest BCUT2D eigenvalue weighted by atomic mass is 31.2. The van der Waals surface area contributed by atoms with E-state index in [9.17, 15) is 13.8 Å². The van der Waals surface area contributed by atoms with Crippen molar-refractivity contribution in [3.63, 3.8) is 0 Å². The van der Waals surface area contributed by atoms with Gasteiger partial charge >= 0.3 is 0 Å². The van der Waals surface area contributed by atoms with Crippen molar-refractivity contribution in [3.05, 3.63) is 71.7 Å². The van der Waals surface area contributed by atoms with Crippen molar-refractivity contribution in [2.24, 2.45) is 0 Å². The molecule has 3 aromatic rings. The SMILES string of the molecule is CC(C)(C)[Si](C)(C)O[C@@H](CC(=O)/C=C/c1c(C2CC2)nc2ccccc2c1-c1ccc(F)cc1)CP(C)(C)=O. The van der Waals surface area contributed by atoms with Gasteiger partial charge in [0.15, 0.2) is 14.1 Å². The van der Waals surface area contributed by atoms with E-state index in [1.54, 1.807) is 31.5 Å². The molecule has 1 atom stereocenters. The summed E-state index contributed by atoms with van der Waals surface area (Å²) in [5.41, 5.74) is 4.65. The normalized spacial score (nSPS) is 15.7. The van der Waals surface area contributed by atoms with Gasteiger partial charge in [0, 0.05) is 35.0 Å². The number of para-hydroxylation sites is 1. The fourth-order valence-electron chi connectivity index (χ4n) is 4.71. The fraction of sp³-hybridized carbons (Fsp3) is 0.438. The summed E-state index contributed by atoms with van der Waals surface area (Å²) in [4.78, 5) is 18.4. The molecule has 0 radical (unpaired) electrons. The van der Waals surface area contributed by atoms with Gasteiger partial charge in [-0.05, 0) is 80.2 Å². The molecular weight excluding hydrogens is 524 g/mol. The minimum absolute atomic E-state index is 0.0183. The van der Waals surface area contributed by atoms with E-state index in [2.05, 4.69) is 33.9 Å². The summed E-state index contributed by atoms with van der Waals surface area (Å²) < 4.78 is 33.2. The van der Waals surface area contributed by atoms with E-state index in [-0.39, 0.29) is 23.1 Å². The Hall–Kier alpha value is -2.40. The highest BCUT2D eigenvalue weighted by molar-refractivity contribution is 7.62.